The molecule has 0 unspecified atom stereocenters. The standard InChI is InChI=1S/C22H32/c1-3-19-11-15-21(16-12-19)9-7-5-6-8-10-22-17-13-20(4-2)14-18-22/h5-6,19-22H,3-4,11-18H2,1-2H3/b6-5+/t19-,20-,21-,22-. The van der Waals surface area contributed by atoms with Gasteiger partial charge in [-0.05, 0) is 75.4 Å². The Morgan fingerprint density at radius 1 is 0.636 bits per heavy atom. The highest BCUT2D eigenvalue weighted by Gasteiger charge is 2.18. The Kier molecular flexibility index (Phi) is 7.66. The van der Waals surface area contributed by atoms with Crippen molar-refractivity contribution in [3.05, 3.63) is 12.2 Å². The number of hydrogen-bond donors (Lipinski definition) is 0. The summed E-state index contributed by atoms with van der Waals surface area (Å²) >= 11 is 0. The minimum absolute atomic E-state index is 0.629. The lowest BCUT2D eigenvalue weighted by atomic mass is 9.81. The van der Waals surface area contributed by atoms with E-state index < -0.39 is 0 Å². The first-order valence-corrected chi connectivity index (χ1v) is 9.48. The van der Waals surface area contributed by atoms with E-state index in [4.69, 9.17) is 0 Å². The van der Waals surface area contributed by atoms with E-state index >= 15 is 0 Å². The van der Waals surface area contributed by atoms with Crippen LogP contribution in [0, 0.1) is 47.4 Å². The molecule has 0 spiro atoms. The molecular formula is C22H32. The second-order valence-corrected chi connectivity index (χ2v) is 7.16. The zero-order valence-corrected chi connectivity index (χ0v) is 14.5. The van der Waals surface area contributed by atoms with Gasteiger partial charge in [0.05, 0.1) is 0 Å². The lowest BCUT2D eigenvalue weighted by Gasteiger charge is -2.24. The number of hydrogen-bond acceptors (Lipinski definition) is 0. The van der Waals surface area contributed by atoms with Gasteiger partial charge in [-0.1, -0.05) is 50.4 Å². The van der Waals surface area contributed by atoms with Crippen LogP contribution in [-0.4, -0.2) is 0 Å². The minimum Gasteiger partial charge on any atom is -0.0951 e. The first kappa shape index (κ1) is 17.2. The van der Waals surface area contributed by atoms with Crippen LogP contribution in [0.4, 0.5) is 0 Å². The molecule has 2 fully saturated rings. The quantitative estimate of drug-likeness (QED) is 0.550. The lowest BCUT2D eigenvalue weighted by Crippen LogP contribution is -2.12. The van der Waals surface area contributed by atoms with Gasteiger partial charge in [0.25, 0.3) is 0 Å². The fraction of sp³-hybridized carbons (Fsp3) is 0.727. The van der Waals surface area contributed by atoms with E-state index in [-0.39, 0.29) is 0 Å². The summed E-state index contributed by atoms with van der Waals surface area (Å²) in [6.45, 7) is 4.62. The Hall–Kier alpha value is -1.14. The molecule has 0 heterocycles. The van der Waals surface area contributed by atoms with Gasteiger partial charge in [-0.3, -0.25) is 0 Å². The molecule has 2 aliphatic rings. The molecule has 0 saturated heterocycles. The summed E-state index contributed by atoms with van der Waals surface area (Å²) in [5.41, 5.74) is 0. The van der Waals surface area contributed by atoms with Crippen LogP contribution in [0.15, 0.2) is 12.2 Å². The second kappa shape index (κ2) is 9.79. The second-order valence-electron chi connectivity index (χ2n) is 7.16. The molecule has 0 aromatic rings. The fourth-order valence-electron chi connectivity index (χ4n) is 3.85. The van der Waals surface area contributed by atoms with Gasteiger partial charge in [-0.2, -0.15) is 0 Å². The van der Waals surface area contributed by atoms with Gasteiger partial charge in [0, 0.05) is 11.8 Å². The van der Waals surface area contributed by atoms with Crippen molar-refractivity contribution in [2.45, 2.75) is 78.1 Å². The third-order valence-electron chi connectivity index (χ3n) is 5.67. The Labute approximate surface area is 138 Å². The largest absolute Gasteiger partial charge is 0.0951 e. The molecular weight excluding hydrogens is 264 g/mol. The number of rotatable bonds is 2. The van der Waals surface area contributed by atoms with E-state index in [2.05, 4.69) is 37.5 Å². The summed E-state index contributed by atoms with van der Waals surface area (Å²) in [5, 5.41) is 0. The highest BCUT2D eigenvalue weighted by molar-refractivity contribution is 5.26. The van der Waals surface area contributed by atoms with Crippen molar-refractivity contribution in [3.8, 4) is 23.7 Å². The van der Waals surface area contributed by atoms with Crippen molar-refractivity contribution >= 4 is 0 Å². The van der Waals surface area contributed by atoms with E-state index in [9.17, 15) is 0 Å². The monoisotopic (exact) mass is 296 g/mol. The molecule has 2 rings (SSSR count). The van der Waals surface area contributed by atoms with Crippen molar-refractivity contribution in [1.29, 1.82) is 0 Å². The molecule has 0 bridgehead atoms. The van der Waals surface area contributed by atoms with E-state index in [0.717, 1.165) is 11.8 Å². The summed E-state index contributed by atoms with van der Waals surface area (Å²) in [6.07, 6.45) is 17.3. The molecule has 2 aliphatic carbocycles. The predicted octanol–water partition coefficient (Wildman–Crippen LogP) is 5.98. The Morgan fingerprint density at radius 2 is 1.00 bits per heavy atom. The highest BCUT2D eigenvalue weighted by atomic mass is 14.2. The Morgan fingerprint density at radius 3 is 1.32 bits per heavy atom. The molecule has 0 N–H and O–H groups in total. The van der Waals surface area contributed by atoms with E-state index in [1.807, 2.05) is 12.2 Å². The van der Waals surface area contributed by atoms with Gasteiger partial charge < -0.3 is 0 Å². The summed E-state index contributed by atoms with van der Waals surface area (Å²) < 4.78 is 0. The normalized spacial score (nSPS) is 31.9. The van der Waals surface area contributed by atoms with Gasteiger partial charge in [0.15, 0.2) is 0 Å². The minimum atomic E-state index is 0.629. The van der Waals surface area contributed by atoms with Crippen LogP contribution in [0.3, 0.4) is 0 Å². The van der Waals surface area contributed by atoms with Gasteiger partial charge in [0.1, 0.15) is 0 Å². The summed E-state index contributed by atoms with van der Waals surface area (Å²) in [6, 6.07) is 0. The molecule has 0 amide bonds. The Balaban J connectivity index is 1.67. The van der Waals surface area contributed by atoms with Crippen molar-refractivity contribution < 1.29 is 0 Å². The zero-order chi connectivity index (χ0) is 15.6. The highest BCUT2D eigenvalue weighted by Crippen LogP contribution is 2.30. The summed E-state index contributed by atoms with van der Waals surface area (Å²) in [5.74, 6) is 16.4. The molecule has 0 nitrogen and oxygen atoms in total. The van der Waals surface area contributed by atoms with Gasteiger partial charge in [-0.15, -0.1) is 0 Å². The van der Waals surface area contributed by atoms with E-state index in [0.29, 0.717) is 11.8 Å². The molecule has 0 heteroatoms. The number of allylic oxidation sites excluding steroid dienone is 2. The average Bonchev–Trinajstić information content (AvgIpc) is 2.59. The molecule has 0 aromatic carbocycles. The van der Waals surface area contributed by atoms with Gasteiger partial charge >= 0.3 is 0 Å². The van der Waals surface area contributed by atoms with Gasteiger partial charge in [-0.25, -0.2) is 0 Å². The molecule has 22 heavy (non-hydrogen) atoms. The molecule has 0 radical (unpaired) electrons. The topological polar surface area (TPSA) is 0 Å². The SMILES string of the molecule is CC[C@H]1CC[C@H](C#C/C=C/C#C[C@H]2CC[C@H](CC)CC2)CC1. The molecule has 2 saturated carbocycles. The first-order chi connectivity index (χ1) is 10.8. The average molecular weight is 296 g/mol. The maximum Gasteiger partial charge on any atom is 0.0206 e. The summed E-state index contributed by atoms with van der Waals surface area (Å²) in [4.78, 5) is 0. The van der Waals surface area contributed by atoms with Gasteiger partial charge in [0.2, 0.25) is 0 Å². The maximum atomic E-state index is 3.41. The van der Waals surface area contributed by atoms with Crippen molar-refractivity contribution in [1.82, 2.24) is 0 Å². The van der Waals surface area contributed by atoms with Crippen LogP contribution in [0.5, 0.6) is 0 Å². The van der Waals surface area contributed by atoms with E-state index in [1.165, 1.54) is 64.2 Å². The third kappa shape index (κ3) is 5.93. The smallest absolute Gasteiger partial charge is 0.0206 e. The van der Waals surface area contributed by atoms with Crippen molar-refractivity contribution in [3.63, 3.8) is 0 Å². The van der Waals surface area contributed by atoms with Crippen molar-refractivity contribution in [2.24, 2.45) is 23.7 Å². The fourth-order valence-corrected chi connectivity index (χ4v) is 3.85. The zero-order valence-electron chi connectivity index (χ0n) is 14.5. The van der Waals surface area contributed by atoms with Crippen LogP contribution in [-0.2, 0) is 0 Å². The molecule has 0 aromatic heterocycles. The first-order valence-electron chi connectivity index (χ1n) is 9.48. The van der Waals surface area contributed by atoms with E-state index in [1.54, 1.807) is 0 Å². The Bertz CT molecular complexity index is 402. The third-order valence-corrected chi connectivity index (χ3v) is 5.67. The maximum absolute atomic E-state index is 3.41. The van der Waals surface area contributed by atoms with Crippen LogP contribution in [0.1, 0.15) is 78.1 Å². The summed E-state index contributed by atoms with van der Waals surface area (Å²) in [7, 11) is 0. The lowest BCUT2D eigenvalue weighted by molar-refractivity contribution is 0.309. The molecule has 120 valence electrons. The molecule has 0 aliphatic heterocycles. The van der Waals surface area contributed by atoms with Crippen LogP contribution in [0.2, 0.25) is 0 Å². The van der Waals surface area contributed by atoms with Crippen LogP contribution < -0.4 is 0 Å². The van der Waals surface area contributed by atoms with Crippen LogP contribution in [0.25, 0.3) is 0 Å². The van der Waals surface area contributed by atoms with Crippen LogP contribution >= 0.6 is 0 Å². The molecule has 0 atom stereocenters. The van der Waals surface area contributed by atoms with Crippen molar-refractivity contribution in [2.75, 3.05) is 0 Å². The predicted molar refractivity (Wildman–Crippen MR) is 96.2 cm³/mol.